The topological polar surface area (TPSA) is 73.0 Å². The number of piperazine rings is 1. The molecule has 1 N–H and O–H groups in total. The average Bonchev–Trinajstić information content (AvgIpc) is 2.81. The van der Waals surface area contributed by atoms with Gasteiger partial charge in [-0.25, -0.2) is 13.1 Å². The second-order valence-corrected chi connectivity index (χ2v) is 9.99. The van der Waals surface area contributed by atoms with Crippen molar-refractivity contribution in [2.75, 3.05) is 46.3 Å². The second-order valence-electron chi connectivity index (χ2n) is 8.22. The van der Waals surface area contributed by atoms with E-state index in [9.17, 15) is 13.2 Å². The molecule has 32 heavy (non-hydrogen) atoms. The van der Waals surface area contributed by atoms with Gasteiger partial charge in [0, 0.05) is 57.9 Å². The Morgan fingerprint density at radius 1 is 0.906 bits per heavy atom. The molecule has 7 nitrogen and oxygen atoms in total. The first kappa shape index (κ1) is 24.4. The van der Waals surface area contributed by atoms with Crippen LogP contribution in [-0.4, -0.2) is 75.3 Å². The Hall–Kier alpha value is -2.26. The molecule has 2 aromatic rings. The summed E-state index contributed by atoms with van der Waals surface area (Å²) in [6.07, 6.45) is 0. The van der Waals surface area contributed by atoms with E-state index in [4.69, 9.17) is 0 Å². The van der Waals surface area contributed by atoms with Crippen LogP contribution in [0.5, 0.6) is 0 Å². The molecule has 1 aliphatic rings. The van der Waals surface area contributed by atoms with Crippen LogP contribution in [-0.2, 0) is 23.1 Å². The molecule has 1 aliphatic heterocycles. The molecule has 1 amide bonds. The number of hydrogen-bond acceptors (Lipinski definition) is 5. The SMILES string of the molecule is CCN(CC)C(=O)c1ccc(S(=O)(=O)NCc2ccc(CN3CCN(C)CC3)cc2)cc1. The van der Waals surface area contributed by atoms with Gasteiger partial charge >= 0.3 is 0 Å². The molecule has 0 saturated carbocycles. The normalized spacial score (nSPS) is 15.6. The van der Waals surface area contributed by atoms with Crippen molar-refractivity contribution in [2.24, 2.45) is 0 Å². The summed E-state index contributed by atoms with van der Waals surface area (Å²) in [5.41, 5.74) is 2.63. The Morgan fingerprint density at radius 3 is 2.03 bits per heavy atom. The highest BCUT2D eigenvalue weighted by molar-refractivity contribution is 7.89. The predicted octanol–water partition coefficient (Wildman–Crippen LogP) is 2.39. The maximum Gasteiger partial charge on any atom is 0.253 e. The van der Waals surface area contributed by atoms with Gasteiger partial charge < -0.3 is 9.80 Å². The van der Waals surface area contributed by atoms with E-state index < -0.39 is 10.0 Å². The highest BCUT2D eigenvalue weighted by Crippen LogP contribution is 2.14. The van der Waals surface area contributed by atoms with E-state index in [1.165, 1.54) is 17.7 Å². The maximum absolute atomic E-state index is 12.7. The van der Waals surface area contributed by atoms with Gasteiger partial charge in [0.05, 0.1) is 4.90 Å². The monoisotopic (exact) mass is 458 g/mol. The summed E-state index contributed by atoms with van der Waals surface area (Å²) in [4.78, 5) is 19.0. The van der Waals surface area contributed by atoms with Crippen molar-refractivity contribution in [2.45, 2.75) is 31.8 Å². The molecule has 0 radical (unpaired) electrons. The number of likely N-dealkylation sites (N-methyl/N-ethyl adjacent to an activating group) is 1. The minimum Gasteiger partial charge on any atom is -0.339 e. The Kier molecular flexibility index (Phi) is 8.42. The van der Waals surface area contributed by atoms with Crippen molar-refractivity contribution >= 4 is 15.9 Å². The van der Waals surface area contributed by atoms with Gasteiger partial charge in [-0.2, -0.15) is 0 Å². The van der Waals surface area contributed by atoms with Crippen molar-refractivity contribution in [3.63, 3.8) is 0 Å². The van der Waals surface area contributed by atoms with E-state index in [-0.39, 0.29) is 17.3 Å². The van der Waals surface area contributed by atoms with Crippen LogP contribution in [0.15, 0.2) is 53.4 Å². The number of carbonyl (C=O) groups is 1. The summed E-state index contributed by atoms with van der Waals surface area (Å²) in [5.74, 6) is -0.0939. The molecule has 0 atom stereocenters. The summed E-state index contributed by atoms with van der Waals surface area (Å²) in [6.45, 7) is 10.5. The fraction of sp³-hybridized carbons (Fsp3) is 0.458. The molecule has 1 fully saturated rings. The van der Waals surface area contributed by atoms with Gasteiger partial charge in [-0.3, -0.25) is 9.69 Å². The minimum atomic E-state index is -3.66. The van der Waals surface area contributed by atoms with Crippen LogP contribution >= 0.6 is 0 Å². The molecule has 0 spiro atoms. The largest absolute Gasteiger partial charge is 0.339 e. The molecule has 0 unspecified atom stereocenters. The van der Waals surface area contributed by atoms with Crippen molar-refractivity contribution in [1.82, 2.24) is 19.4 Å². The number of amides is 1. The Labute approximate surface area is 192 Å². The van der Waals surface area contributed by atoms with Crippen LogP contribution in [0.3, 0.4) is 0 Å². The smallest absolute Gasteiger partial charge is 0.253 e. The summed E-state index contributed by atoms with van der Waals surface area (Å²) >= 11 is 0. The van der Waals surface area contributed by atoms with Crippen LogP contribution in [0, 0.1) is 0 Å². The van der Waals surface area contributed by atoms with Crippen LogP contribution < -0.4 is 4.72 Å². The number of hydrogen-bond donors (Lipinski definition) is 1. The summed E-state index contributed by atoms with van der Waals surface area (Å²) in [6, 6.07) is 14.2. The minimum absolute atomic E-state index is 0.0939. The summed E-state index contributed by atoms with van der Waals surface area (Å²) in [5, 5.41) is 0. The fourth-order valence-electron chi connectivity index (χ4n) is 3.76. The third-order valence-corrected chi connectivity index (χ3v) is 7.37. The molecule has 1 saturated heterocycles. The quantitative estimate of drug-likeness (QED) is 0.625. The average molecular weight is 459 g/mol. The number of rotatable bonds is 9. The van der Waals surface area contributed by atoms with E-state index in [1.807, 2.05) is 26.0 Å². The molecule has 174 valence electrons. The number of carbonyl (C=O) groups excluding carboxylic acids is 1. The number of nitrogens with one attached hydrogen (secondary N) is 1. The van der Waals surface area contributed by atoms with Crippen LogP contribution in [0.1, 0.15) is 35.3 Å². The Balaban J connectivity index is 1.56. The van der Waals surface area contributed by atoms with Gasteiger partial charge in [-0.15, -0.1) is 0 Å². The van der Waals surface area contributed by atoms with Crippen molar-refractivity contribution in [3.8, 4) is 0 Å². The third-order valence-electron chi connectivity index (χ3n) is 5.95. The van der Waals surface area contributed by atoms with Gasteiger partial charge in [-0.05, 0) is 56.3 Å². The zero-order chi connectivity index (χ0) is 23.1. The first-order valence-electron chi connectivity index (χ1n) is 11.2. The molecule has 0 bridgehead atoms. The highest BCUT2D eigenvalue weighted by atomic mass is 32.2. The van der Waals surface area contributed by atoms with E-state index in [0.717, 1.165) is 38.3 Å². The van der Waals surface area contributed by atoms with E-state index in [0.29, 0.717) is 18.7 Å². The number of sulfonamides is 1. The van der Waals surface area contributed by atoms with Crippen molar-refractivity contribution in [3.05, 3.63) is 65.2 Å². The lowest BCUT2D eigenvalue weighted by molar-refractivity contribution is 0.0773. The molecule has 1 heterocycles. The molecule has 3 rings (SSSR count). The predicted molar refractivity (Wildman–Crippen MR) is 127 cm³/mol. The maximum atomic E-state index is 12.7. The van der Waals surface area contributed by atoms with E-state index in [2.05, 4.69) is 33.7 Å². The first-order valence-corrected chi connectivity index (χ1v) is 12.7. The molecule has 0 aliphatic carbocycles. The molecule has 0 aromatic heterocycles. The first-order chi connectivity index (χ1) is 15.3. The third kappa shape index (κ3) is 6.38. The second kappa shape index (κ2) is 11.0. The number of benzene rings is 2. The zero-order valence-corrected chi connectivity index (χ0v) is 20.1. The van der Waals surface area contributed by atoms with Gasteiger partial charge in [0.1, 0.15) is 0 Å². The van der Waals surface area contributed by atoms with Gasteiger partial charge in [0.25, 0.3) is 5.91 Å². The van der Waals surface area contributed by atoms with Gasteiger partial charge in [0.15, 0.2) is 0 Å². The van der Waals surface area contributed by atoms with Gasteiger partial charge in [-0.1, -0.05) is 24.3 Å². The van der Waals surface area contributed by atoms with Crippen LogP contribution in [0.2, 0.25) is 0 Å². The van der Waals surface area contributed by atoms with E-state index >= 15 is 0 Å². The zero-order valence-electron chi connectivity index (χ0n) is 19.3. The van der Waals surface area contributed by atoms with Crippen LogP contribution in [0.4, 0.5) is 0 Å². The molecule has 2 aromatic carbocycles. The highest BCUT2D eigenvalue weighted by Gasteiger charge is 2.17. The lowest BCUT2D eigenvalue weighted by Gasteiger charge is -2.32. The van der Waals surface area contributed by atoms with Gasteiger partial charge in [0.2, 0.25) is 10.0 Å². The van der Waals surface area contributed by atoms with E-state index in [1.54, 1.807) is 17.0 Å². The number of nitrogens with zero attached hydrogens (tertiary/aromatic N) is 3. The van der Waals surface area contributed by atoms with Crippen molar-refractivity contribution in [1.29, 1.82) is 0 Å². The summed E-state index contributed by atoms with van der Waals surface area (Å²) < 4.78 is 28.0. The fourth-order valence-corrected chi connectivity index (χ4v) is 4.78. The Morgan fingerprint density at radius 2 is 1.47 bits per heavy atom. The molecular formula is C24H34N4O3S. The summed E-state index contributed by atoms with van der Waals surface area (Å²) in [7, 11) is -1.51. The lowest BCUT2D eigenvalue weighted by Crippen LogP contribution is -2.43. The van der Waals surface area contributed by atoms with Crippen LogP contribution in [0.25, 0.3) is 0 Å². The standard InChI is InChI=1S/C24H34N4O3S/c1-4-28(5-2)24(29)22-10-12-23(13-11-22)32(30,31)25-18-20-6-8-21(9-7-20)19-27-16-14-26(3)15-17-27/h6-13,25H,4-5,14-19H2,1-3H3. The Bertz CT molecular complexity index is 979. The van der Waals surface area contributed by atoms with Crippen molar-refractivity contribution < 1.29 is 13.2 Å². The lowest BCUT2D eigenvalue weighted by atomic mass is 10.1. The molecule has 8 heteroatoms. The molecular weight excluding hydrogens is 424 g/mol.